The highest BCUT2D eigenvalue weighted by atomic mass is 16.5. The number of nitrogens with zero attached hydrogens (tertiary/aromatic N) is 1. The van der Waals surface area contributed by atoms with Gasteiger partial charge >= 0.3 is 0 Å². The van der Waals surface area contributed by atoms with Crippen molar-refractivity contribution in [3.05, 3.63) is 77.6 Å². The lowest BCUT2D eigenvalue weighted by molar-refractivity contribution is 0.0903. The molecule has 0 saturated carbocycles. The highest BCUT2D eigenvalue weighted by molar-refractivity contribution is 5.94. The Labute approximate surface area is 151 Å². The molecule has 2 N–H and O–H groups in total. The molecule has 0 atom stereocenters. The highest BCUT2D eigenvalue weighted by Gasteiger charge is 2.13. The summed E-state index contributed by atoms with van der Waals surface area (Å²) in [5.74, 6) is -0.416. The normalized spacial score (nSPS) is 10.3. The summed E-state index contributed by atoms with van der Waals surface area (Å²) in [5, 5.41) is 9.36. The van der Waals surface area contributed by atoms with Crippen molar-refractivity contribution >= 4 is 11.8 Å². The first-order chi connectivity index (χ1) is 12.6. The molecule has 0 fully saturated rings. The fourth-order valence-corrected chi connectivity index (χ4v) is 2.37. The zero-order valence-corrected chi connectivity index (χ0v) is 14.4. The third kappa shape index (κ3) is 4.36. The number of carbonyl (C=O) groups excluding carboxylic acids is 2. The number of aryl methyl sites for hydroxylation is 1. The first-order valence-corrected chi connectivity index (χ1v) is 8.29. The van der Waals surface area contributed by atoms with E-state index in [0.717, 1.165) is 11.1 Å². The Hall–Kier alpha value is -3.41. The zero-order valence-electron chi connectivity index (χ0n) is 14.4. The molecule has 0 bridgehead atoms. The Morgan fingerprint density at radius 2 is 1.58 bits per heavy atom. The van der Waals surface area contributed by atoms with Crippen LogP contribution in [0.1, 0.15) is 26.5 Å². The fraction of sp³-hybridized carbons (Fsp3) is 0.150. The van der Waals surface area contributed by atoms with Gasteiger partial charge in [0, 0.05) is 30.3 Å². The van der Waals surface area contributed by atoms with Gasteiger partial charge in [-0.25, -0.2) is 0 Å². The van der Waals surface area contributed by atoms with Crippen LogP contribution in [-0.4, -0.2) is 30.1 Å². The van der Waals surface area contributed by atoms with Crippen molar-refractivity contribution < 1.29 is 14.1 Å². The van der Waals surface area contributed by atoms with Crippen LogP contribution in [0.3, 0.4) is 0 Å². The minimum absolute atomic E-state index is 0.134. The molecule has 6 heteroatoms. The molecule has 2 aromatic carbocycles. The molecule has 0 radical (unpaired) electrons. The predicted molar refractivity (Wildman–Crippen MR) is 97.8 cm³/mol. The van der Waals surface area contributed by atoms with Crippen LogP contribution < -0.4 is 10.6 Å². The second-order valence-corrected chi connectivity index (χ2v) is 5.82. The fourth-order valence-electron chi connectivity index (χ4n) is 2.37. The van der Waals surface area contributed by atoms with Crippen molar-refractivity contribution in [1.29, 1.82) is 0 Å². The molecule has 0 aliphatic carbocycles. The lowest BCUT2D eigenvalue weighted by Crippen LogP contribution is -2.34. The van der Waals surface area contributed by atoms with Gasteiger partial charge in [-0.05, 0) is 19.1 Å². The van der Waals surface area contributed by atoms with E-state index in [2.05, 4.69) is 15.8 Å². The van der Waals surface area contributed by atoms with Crippen LogP contribution >= 0.6 is 0 Å². The van der Waals surface area contributed by atoms with Gasteiger partial charge in [-0.2, -0.15) is 0 Å². The van der Waals surface area contributed by atoms with Gasteiger partial charge in [0.2, 0.25) is 5.76 Å². The van der Waals surface area contributed by atoms with Gasteiger partial charge in [-0.15, -0.1) is 0 Å². The van der Waals surface area contributed by atoms with Crippen molar-refractivity contribution in [2.75, 3.05) is 13.1 Å². The van der Waals surface area contributed by atoms with E-state index in [4.69, 9.17) is 4.52 Å². The van der Waals surface area contributed by atoms with Crippen LogP contribution in [0, 0.1) is 6.92 Å². The molecule has 0 saturated heterocycles. The van der Waals surface area contributed by atoms with Crippen LogP contribution in [0.4, 0.5) is 0 Å². The minimum Gasteiger partial charge on any atom is -0.350 e. The third-order valence-electron chi connectivity index (χ3n) is 3.81. The second kappa shape index (κ2) is 8.11. The van der Waals surface area contributed by atoms with E-state index in [9.17, 15) is 9.59 Å². The first kappa shape index (κ1) is 17.4. The van der Waals surface area contributed by atoms with Crippen LogP contribution in [0.15, 0.2) is 65.2 Å². The summed E-state index contributed by atoms with van der Waals surface area (Å²) < 4.78 is 5.11. The number of hydrogen-bond donors (Lipinski definition) is 2. The van der Waals surface area contributed by atoms with E-state index in [1.54, 1.807) is 30.3 Å². The summed E-state index contributed by atoms with van der Waals surface area (Å²) in [6.07, 6.45) is 0. The average molecular weight is 349 g/mol. The Morgan fingerprint density at radius 3 is 2.27 bits per heavy atom. The highest BCUT2D eigenvalue weighted by Crippen LogP contribution is 2.19. The molecule has 0 aliphatic rings. The summed E-state index contributed by atoms with van der Waals surface area (Å²) in [5.41, 5.74) is 3.21. The van der Waals surface area contributed by atoms with Crippen LogP contribution in [0.2, 0.25) is 0 Å². The standard InChI is InChI=1S/C20H19N3O3/c1-14-7-9-15(10-8-14)17-13-18(26-23-17)20(25)22-12-11-21-19(24)16-5-3-2-4-6-16/h2-10,13H,11-12H2,1H3,(H,21,24)(H,22,25). The summed E-state index contributed by atoms with van der Waals surface area (Å²) in [6.45, 7) is 2.61. The third-order valence-corrected chi connectivity index (χ3v) is 3.81. The molecule has 132 valence electrons. The van der Waals surface area contributed by atoms with E-state index in [1.165, 1.54) is 0 Å². The van der Waals surface area contributed by atoms with Gasteiger partial charge in [0.25, 0.3) is 11.8 Å². The molecular weight excluding hydrogens is 330 g/mol. The van der Waals surface area contributed by atoms with E-state index in [-0.39, 0.29) is 24.1 Å². The molecule has 3 aromatic rings. The SMILES string of the molecule is Cc1ccc(-c2cc(C(=O)NCCNC(=O)c3ccccc3)on2)cc1. The molecule has 0 unspecified atom stereocenters. The maximum Gasteiger partial charge on any atom is 0.289 e. The molecule has 0 spiro atoms. The van der Waals surface area contributed by atoms with Crippen LogP contribution in [0.5, 0.6) is 0 Å². The molecule has 1 aromatic heterocycles. The molecule has 26 heavy (non-hydrogen) atoms. The largest absolute Gasteiger partial charge is 0.350 e. The topological polar surface area (TPSA) is 84.2 Å². The number of aromatic nitrogens is 1. The predicted octanol–water partition coefficient (Wildman–Crippen LogP) is 2.81. The van der Waals surface area contributed by atoms with E-state index >= 15 is 0 Å². The molecular formula is C20H19N3O3. The molecule has 1 heterocycles. The Kier molecular flexibility index (Phi) is 5.43. The van der Waals surface area contributed by atoms with Gasteiger partial charge in [-0.1, -0.05) is 53.2 Å². The minimum atomic E-state index is -0.371. The van der Waals surface area contributed by atoms with Crippen molar-refractivity contribution in [3.63, 3.8) is 0 Å². The smallest absolute Gasteiger partial charge is 0.289 e. The summed E-state index contributed by atoms with van der Waals surface area (Å²) in [7, 11) is 0. The second-order valence-electron chi connectivity index (χ2n) is 5.82. The maximum absolute atomic E-state index is 12.1. The maximum atomic E-state index is 12.1. The summed E-state index contributed by atoms with van der Waals surface area (Å²) in [4.78, 5) is 24.0. The van der Waals surface area contributed by atoms with Crippen molar-refractivity contribution in [2.24, 2.45) is 0 Å². The quantitative estimate of drug-likeness (QED) is 0.670. The molecule has 3 rings (SSSR count). The zero-order chi connectivity index (χ0) is 18.4. The molecule has 2 amide bonds. The van der Waals surface area contributed by atoms with E-state index in [0.29, 0.717) is 17.8 Å². The number of nitrogens with one attached hydrogen (secondary N) is 2. The molecule has 0 aliphatic heterocycles. The van der Waals surface area contributed by atoms with Crippen molar-refractivity contribution in [3.8, 4) is 11.3 Å². The number of benzene rings is 2. The lowest BCUT2D eigenvalue weighted by atomic mass is 10.1. The monoisotopic (exact) mass is 349 g/mol. The van der Waals surface area contributed by atoms with Gasteiger partial charge in [0.1, 0.15) is 5.69 Å². The lowest BCUT2D eigenvalue weighted by Gasteiger charge is -2.05. The first-order valence-electron chi connectivity index (χ1n) is 8.29. The number of hydrogen-bond acceptors (Lipinski definition) is 4. The Bertz CT molecular complexity index is 886. The number of amides is 2. The van der Waals surface area contributed by atoms with Gasteiger partial charge < -0.3 is 15.2 Å². The van der Waals surface area contributed by atoms with Gasteiger partial charge in [0.05, 0.1) is 0 Å². The van der Waals surface area contributed by atoms with Crippen molar-refractivity contribution in [1.82, 2.24) is 15.8 Å². The van der Waals surface area contributed by atoms with Gasteiger partial charge in [0.15, 0.2) is 0 Å². The van der Waals surface area contributed by atoms with Crippen molar-refractivity contribution in [2.45, 2.75) is 6.92 Å². The summed E-state index contributed by atoms with van der Waals surface area (Å²) >= 11 is 0. The number of rotatable bonds is 6. The van der Waals surface area contributed by atoms with E-state index < -0.39 is 0 Å². The molecule has 6 nitrogen and oxygen atoms in total. The average Bonchev–Trinajstić information content (AvgIpc) is 3.16. The Balaban J connectivity index is 1.48. The number of carbonyl (C=O) groups is 2. The van der Waals surface area contributed by atoms with Gasteiger partial charge in [-0.3, -0.25) is 9.59 Å². The van der Waals surface area contributed by atoms with E-state index in [1.807, 2.05) is 37.3 Å². The Morgan fingerprint density at radius 1 is 0.923 bits per heavy atom. The van der Waals surface area contributed by atoms with Crippen LogP contribution in [0.25, 0.3) is 11.3 Å². The van der Waals surface area contributed by atoms with Crippen LogP contribution in [-0.2, 0) is 0 Å². The summed E-state index contributed by atoms with van der Waals surface area (Å²) in [6, 6.07) is 18.3.